The van der Waals surface area contributed by atoms with E-state index < -0.39 is 11.6 Å². The van der Waals surface area contributed by atoms with Crippen LogP contribution in [-0.2, 0) is 13.6 Å². The van der Waals surface area contributed by atoms with Crippen molar-refractivity contribution >= 4 is 35.6 Å². The molecule has 0 spiro atoms. The fraction of sp³-hybridized carbons (Fsp3) is 0.591. The van der Waals surface area contributed by atoms with Gasteiger partial charge in [0, 0.05) is 32.2 Å². The third-order valence-electron chi connectivity index (χ3n) is 6.29. The van der Waals surface area contributed by atoms with E-state index in [4.69, 9.17) is 4.99 Å². The zero-order chi connectivity index (χ0) is 21.8. The van der Waals surface area contributed by atoms with Gasteiger partial charge in [-0.2, -0.15) is 0 Å². The first kappa shape index (κ1) is 24.7. The van der Waals surface area contributed by atoms with Crippen molar-refractivity contribution in [2.75, 3.05) is 18.0 Å². The summed E-state index contributed by atoms with van der Waals surface area (Å²) in [6, 6.07) is 4.45. The standard InChI is InChI=1S/C22H31F2N7.HI/c1-15-28-29-20(30(15)2)13-25-22(26-16-7-4-3-5-8-16)27-17-11-12-31(14-17)21-18(23)9-6-10-19(21)24;/h6,9-10,16-17H,3-5,7-8,11-14H2,1-2H3,(H2,25,26,27);1H. The number of guanidine groups is 1. The van der Waals surface area contributed by atoms with Crippen molar-refractivity contribution in [2.45, 2.75) is 64.1 Å². The molecule has 1 aromatic heterocycles. The molecule has 2 heterocycles. The van der Waals surface area contributed by atoms with E-state index in [-0.39, 0.29) is 35.7 Å². The summed E-state index contributed by atoms with van der Waals surface area (Å²) in [4.78, 5) is 6.53. The zero-order valence-electron chi connectivity index (χ0n) is 18.7. The normalized spacial score (nSPS) is 19.7. The van der Waals surface area contributed by atoms with Gasteiger partial charge in [0.05, 0.1) is 0 Å². The molecule has 176 valence electrons. The molecule has 1 saturated heterocycles. The molecule has 1 aliphatic carbocycles. The van der Waals surface area contributed by atoms with Crippen molar-refractivity contribution in [2.24, 2.45) is 12.0 Å². The number of benzene rings is 1. The molecule has 4 rings (SSSR count). The molecule has 2 aromatic rings. The van der Waals surface area contributed by atoms with Crippen LogP contribution < -0.4 is 15.5 Å². The molecule has 2 aliphatic rings. The van der Waals surface area contributed by atoms with Crippen LogP contribution >= 0.6 is 24.0 Å². The Morgan fingerprint density at radius 1 is 1.06 bits per heavy atom. The van der Waals surface area contributed by atoms with Gasteiger partial charge in [0.2, 0.25) is 0 Å². The van der Waals surface area contributed by atoms with Gasteiger partial charge >= 0.3 is 0 Å². The maximum atomic E-state index is 14.2. The molecule has 1 saturated carbocycles. The van der Waals surface area contributed by atoms with Crippen LogP contribution in [0.1, 0.15) is 50.2 Å². The number of para-hydroxylation sites is 1. The third kappa shape index (κ3) is 5.87. The Labute approximate surface area is 205 Å². The lowest BCUT2D eigenvalue weighted by Crippen LogP contribution is -2.48. The molecule has 1 unspecified atom stereocenters. The summed E-state index contributed by atoms with van der Waals surface area (Å²) < 4.78 is 30.3. The average molecular weight is 559 g/mol. The van der Waals surface area contributed by atoms with Gasteiger partial charge in [0.1, 0.15) is 29.7 Å². The lowest BCUT2D eigenvalue weighted by Gasteiger charge is -2.27. The Kier molecular flexibility index (Phi) is 8.66. The number of rotatable bonds is 5. The minimum absolute atomic E-state index is 0. The molecular weight excluding hydrogens is 527 g/mol. The number of nitrogens with one attached hydrogen (secondary N) is 2. The highest BCUT2D eigenvalue weighted by Crippen LogP contribution is 2.26. The van der Waals surface area contributed by atoms with Gasteiger partial charge in [-0.25, -0.2) is 13.8 Å². The van der Waals surface area contributed by atoms with Gasteiger partial charge in [0.15, 0.2) is 11.8 Å². The predicted octanol–water partition coefficient (Wildman–Crippen LogP) is 3.67. The molecule has 2 fully saturated rings. The monoisotopic (exact) mass is 559 g/mol. The van der Waals surface area contributed by atoms with Crippen LogP contribution in [-0.4, -0.2) is 45.9 Å². The zero-order valence-corrected chi connectivity index (χ0v) is 21.0. The lowest BCUT2D eigenvalue weighted by atomic mass is 9.96. The molecule has 1 aromatic carbocycles. The summed E-state index contributed by atoms with van der Waals surface area (Å²) in [6.07, 6.45) is 6.75. The first-order valence-electron chi connectivity index (χ1n) is 11.1. The van der Waals surface area contributed by atoms with Crippen LogP contribution in [0.3, 0.4) is 0 Å². The second kappa shape index (κ2) is 11.2. The number of halogens is 3. The topological polar surface area (TPSA) is 70.4 Å². The molecule has 32 heavy (non-hydrogen) atoms. The van der Waals surface area contributed by atoms with Crippen molar-refractivity contribution in [3.63, 3.8) is 0 Å². The molecule has 1 atom stereocenters. The Hall–Kier alpha value is -1.98. The van der Waals surface area contributed by atoms with E-state index >= 15 is 0 Å². The van der Waals surface area contributed by atoms with Crippen molar-refractivity contribution in [1.82, 2.24) is 25.4 Å². The van der Waals surface area contributed by atoms with Gasteiger partial charge in [-0.1, -0.05) is 25.3 Å². The Morgan fingerprint density at radius 3 is 2.41 bits per heavy atom. The van der Waals surface area contributed by atoms with E-state index in [9.17, 15) is 8.78 Å². The third-order valence-corrected chi connectivity index (χ3v) is 6.29. The SMILES string of the molecule is Cc1nnc(CN=C(NC2CCCCC2)NC2CCN(c3c(F)cccc3F)C2)n1C.I. The smallest absolute Gasteiger partial charge is 0.192 e. The van der Waals surface area contributed by atoms with Crippen LogP contribution in [0.2, 0.25) is 0 Å². The minimum atomic E-state index is -0.521. The fourth-order valence-corrected chi connectivity index (χ4v) is 4.38. The second-order valence-electron chi connectivity index (χ2n) is 8.51. The first-order chi connectivity index (χ1) is 15.0. The first-order valence-corrected chi connectivity index (χ1v) is 11.1. The molecule has 0 radical (unpaired) electrons. The summed E-state index contributed by atoms with van der Waals surface area (Å²) in [5.41, 5.74) is 0.0556. The van der Waals surface area contributed by atoms with Gasteiger partial charge in [-0.3, -0.25) is 0 Å². The molecular formula is C22H32F2IN7. The largest absolute Gasteiger partial charge is 0.365 e. The highest BCUT2D eigenvalue weighted by atomic mass is 127. The number of anilines is 1. The summed E-state index contributed by atoms with van der Waals surface area (Å²) in [7, 11) is 1.93. The average Bonchev–Trinajstić information content (AvgIpc) is 3.34. The van der Waals surface area contributed by atoms with Gasteiger partial charge in [-0.05, 0) is 38.3 Å². The Morgan fingerprint density at radius 2 is 1.75 bits per heavy atom. The number of hydrogen-bond acceptors (Lipinski definition) is 4. The quantitative estimate of drug-likeness (QED) is 0.333. The summed E-state index contributed by atoms with van der Waals surface area (Å²) >= 11 is 0. The van der Waals surface area contributed by atoms with Crippen molar-refractivity contribution in [1.29, 1.82) is 0 Å². The van der Waals surface area contributed by atoms with E-state index in [0.29, 0.717) is 25.7 Å². The molecule has 2 N–H and O–H groups in total. The van der Waals surface area contributed by atoms with E-state index in [1.807, 2.05) is 18.5 Å². The highest BCUT2D eigenvalue weighted by Gasteiger charge is 2.28. The van der Waals surface area contributed by atoms with E-state index in [2.05, 4.69) is 20.8 Å². The Balaban J connectivity index is 0.00000289. The maximum Gasteiger partial charge on any atom is 0.192 e. The van der Waals surface area contributed by atoms with Crippen molar-refractivity contribution in [3.05, 3.63) is 41.5 Å². The number of hydrogen-bond donors (Lipinski definition) is 2. The summed E-state index contributed by atoms with van der Waals surface area (Å²) in [5.74, 6) is 1.33. The van der Waals surface area contributed by atoms with Crippen molar-refractivity contribution in [3.8, 4) is 0 Å². The van der Waals surface area contributed by atoms with Crippen LogP contribution in [0.25, 0.3) is 0 Å². The minimum Gasteiger partial charge on any atom is -0.365 e. The Bertz CT molecular complexity index is 907. The summed E-state index contributed by atoms with van der Waals surface area (Å²) in [6.45, 7) is 3.44. The van der Waals surface area contributed by atoms with E-state index in [0.717, 1.165) is 36.9 Å². The predicted molar refractivity (Wildman–Crippen MR) is 132 cm³/mol. The highest BCUT2D eigenvalue weighted by molar-refractivity contribution is 14.0. The summed E-state index contributed by atoms with van der Waals surface area (Å²) in [5, 5.41) is 15.4. The second-order valence-corrected chi connectivity index (χ2v) is 8.51. The van der Waals surface area contributed by atoms with Gasteiger partial charge in [0.25, 0.3) is 0 Å². The van der Waals surface area contributed by atoms with Crippen LogP contribution in [0.4, 0.5) is 14.5 Å². The lowest BCUT2D eigenvalue weighted by molar-refractivity contribution is 0.408. The van der Waals surface area contributed by atoms with Crippen LogP contribution in [0.5, 0.6) is 0 Å². The van der Waals surface area contributed by atoms with Gasteiger partial charge < -0.3 is 20.1 Å². The molecule has 0 bridgehead atoms. The van der Waals surface area contributed by atoms with E-state index in [1.165, 1.54) is 37.5 Å². The number of aryl methyl sites for hydroxylation is 1. The molecule has 10 heteroatoms. The van der Waals surface area contributed by atoms with Crippen LogP contribution in [0.15, 0.2) is 23.2 Å². The molecule has 0 amide bonds. The van der Waals surface area contributed by atoms with Crippen LogP contribution in [0, 0.1) is 18.6 Å². The maximum absolute atomic E-state index is 14.2. The molecule has 1 aliphatic heterocycles. The van der Waals surface area contributed by atoms with Crippen molar-refractivity contribution < 1.29 is 8.78 Å². The molecule has 7 nitrogen and oxygen atoms in total. The fourth-order valence-electron chi connectivity index (χ4n) is 4.38. The number of nitrogens with zero attached hydrogens (tertiary/aromatic N) is 5. The number of aliphatic imine (C=N–C) groups is 1. The van der Waals surface area contributed by atoms with Gasteiger partial charge in [-0.15, -0.1) is 34.2 Å². The van der Waals surface area contributed by atoms with E-state index in [1.54, 1.807) is 4.90 Å². The number of aromatic nitrogens is 3.